The van der Waals surface area contributed by atoms with Crippen LogP contribution in [0.5, 0.6) is 0 Å². The molecule has 2 aromatic rings. The maximum atomic E-state index is 12.9. The van der Waals surface area contributed by atoms with Crippen molar-refractivity contribution in [2.24, 2.45) is 0 Å². The summed E-state index contributed by atoms with van der Waals surface area (Å²) in [6.07, 6.45) is 0.926. The molecule has 0 aliphatic carbocycles. The molecule has 1 aliphatic heterocycles. The molecule has 1 saturated heterocycles. The summed E-state index contributed by atoms with van der Waals surface area (Å²) < 4.78 is 11.2. The van der Waals surface area contributed by atoms with E-state index in [0.717, 1.165) is 24.2 Å². The number of aromatic nitrogens is 3. The number of amides is 1. The van der Waals surface area contributed by atoms with Crippen LogP contribution in [0, 0.1) is 0 Å². The van der Waals surface area contributed by atoms with E-state index in [1.807, 2.05) is 30.3 Å². The third-order valence-corrected chi connectivity index (χ3v) is 4.26. The van der Waals surface area contributed by atoms with E-state index in [4.69, 9.17) is 9.47 Å². The lowest BCUT2D eigenvalue weighted by atomic mass is 10.1. The zero-order valence-electron chi connectivity index (χ0n) is 14.6. The van der Waals surface area contributed by atoms with Crippen molar-refractivity contribution in [2.45, 2.75) is 32.0 Å². The molecule has 1 N–H and O–H groups in total. The van der Waals surface area contributed by atoms with E-state index >= 15 is 0 Å². The highest BCUT2D eigenvalue weighted by Gasteiger charge is 2.32. The first-order valence-corrected chi connectivity index (χ1v) is 8.62. The van der Waals surface area contributed by atoms with Crippen LogP contribution in [0.25, 0.3) is 0 Å². The van der Waals surface area contributed by atoms with Crippen LogP contribution in [-0.2, 0) is 20.7 Å². The number of morpholine rings is 1. The largest absolute Gasteiger partial charge is 0.367 e. The van der Waals surface area contributed by atoms with Crippen LogP contribution in [-0.4, -0.2) is 52.8 Å². The highest BCUT2D eigenvalue weighted by Crippen LogP contribution is 2.24. The predicted molar refractivity (Wildman–Crippen MR) is 91.8 cm³/mol. The van der Waals surface area contributed by atoms with Crippen LogP contribution in [0.2, 0.25) is 0 Å². The lowest BCUT2D eigenvalue weighted by Crippen LogP contribution is -2.45. The summed E-state index contributed by atoms with van der Waals surface area (Å²) in [5.74, 6) is 1.39. The van der Waals surface area contributed by atoms with Gasteiger partial charge < -0.3 is 14.4 Å². The smallest absolute Gasteiger partial charge is 0.256 e. The van der Waals surface area contributed by atoms with E-state index in [1.54, 1.807) is 12.0 Å². The number of aryl methyl sites for hydroxylation is 1. The van der Waals surface area contributed by atoms with E-state index in [9.17, 15) is 4.79 Å². The number of hydrogen-bond donors (Lipinski definition) is 1. The molecule has 7 heteroatoms. The number of nitrogens with zero attached hydrogens (tertiary/aromatic N) is 3. The minimum Gasteiger partial charge on any atom is -0.367 e. The molecule has 2 heterocycles. The highest BCUT2D eigenvalue weighted by molar-refractivity contribution is 5.82. The van der Waals surface area contributed by atoms with Crippen LogP contribution in [0.3, 0.4) is 0 Å². The number of aromatic amines is 1. The Balaban J connectivity index is 1.70. The molecule has 134 valence electrons. The minimum absolute atomic E-state index is 0.0636. The van der Waals surface area contributed by atoms with Gasteiger partial charge in [0.05, 0.1) is 13.2 Å². The van der Waals surface area contributed by atoms with Gasteiger partial charge in [-0.3, -0.25) is 9.89 Å². The van der Waals surface area contributed by atoms with Crippen molar-refractivity contribution in [1.82, 2.24) is 20.1 Å². The van der Waals surface area contributed by atoms with Gasteiger partial charge in [0.2, 0.25) is 0 Å². The van der Waals surface area contributed by atoms with Crippen molar-refractivity contribution in [2.75, 3.05) is 26.8 Å². The molecule has 3 rings (SSSR count). The Kier molecular flexibility index (Phi) is 5.78. The predicted octanol–water partition coefficient (Wildman–Crippen LogP) is 2.04. The fourth-order valence-corrected chi connectivity index (χ4v) is 2.98. The number of hydrogen-bond acceptors (Lipinski definition) is 5. The van der Waals surface area contributed by atoms with Crippen molar-refractivity contribution < 1.29 is 14.3 Å². The number of ether oxygens (including phenoxy) is 2. The van der Waals surface area contributed by atoms with Gasteiger partial charge in [-0.05, 0) is 12.0 Å². The molecule has 7 nitrogen and oxygen atoms in total. The molecule has 1 aliphatic rings. The number of carbonyl (C=O) groups is 1. The van der Waals surface area contributed by atoms with Gasteiger partial charge in [-0.2, -0.15) is 5.10 Å². The van der Waals surface area contributed by atoms with Gasteiger partial charge in [-0.25, -0.2) is 4.98 Å². The third-order valence-electron chi connectivity index (χ3n) is 4.26. The maximum absolute atomic E-state index is 12.9. The highest BCUT2D eigenvalue weighted by atomic mass is 16.5. The first kappa shape index (κ1) is 17.6. The molecule has 0 saturated carbocycles. The van der Waals surface area contributed by atoms with E-state index < -0.39 is 6.10 Å². The molecular formula is C18H24N4O3. The zero-order chi connectivity index (χ0) is 17.6. The van der Waals surface area contributed by atoms with Crippen LogP contribution in [0.1, 0.15) is 42.8 Å². The van der Waals surface area contributed by atoms with Crippen LogP contribution in [0.4, 0.5) is 0 Å². The second-order valence-electron chi connectivity index (χ2n) is 6.06. The van der Waals surface area contributed by atoms with Crippen LogP contribution < -0.4 is 0 Å². The van der Waals surface area contributed by atoms with Gasteiger partial charge >= 0.3 is 0 Å². The van der Waals surface area contributed by atoms with Gasteiger partial charge in [0, 0.05) is 20.1 Å². The number of nitrogens with one attached hydrogen (secondary N) is 1. The molecule has 1 aromatic heterocycles. The van der Waals surface area contributed by atoms with E-state index in [-0.39, 0.29) is 12.0 Å². The molecule has 1 amide bonds. The summed E-state index contributed by atoms with van der Waals surface area (Å²) in [5.41, 5.74) is 0.848. The Hall–Kier alpha value is -2.25. The second kappa shape index (κ2) is 8.22. The molecular weight excluding hydrogens is 320 g/mol. The summed E-state index contributed by atoms with van der Waals surface area (Å²) in [4.78, 5) is 19.2. The lowest BCUT2D eigenvalue weighted by molar-refractivity contribution is -0.150. The SMILES string of the molecule is CCCc1nc([C@@H]2CN(C(=O)[C@H](OC)c3ccccc3)CCO2)n[nH]1. The molecule has 0 unspecified atom stereocenters. The number of rotatable bonds is 6. The van der Waals surface area contributed by atoms with Crippen LogP contribution in [0.15, 0.2) is 30.3 Å². The van der Waals surface area contributed by atoms with Crippen molar-refractivity contribution in [3.8, 4) is 0 Å². The van der Waals surface area contributed by atoms with Gasteiger partial charge in [0.1, 0.15) is 11.9 Å². The molecule has 2 atom stereocenters. The minimum atomic E-state index is -0.609. The average Bonchev–Trinajstić information content (AvgIpc) is 3.12. The summed E-state index contributed by atoms with van der Waals surface area (Å²) in [6, 6.07) is 9.52. The molecule has 1 aromatic carbocycles. The second-order valence-corrected chi connectivity index (χ2v) is 6.06. The number of methoxy groups -OCH3 is 1. The Morgan fingerprint density at radius 1 is 1.44 bits per heavy atom. The number of H-pyrrole nitrogens is 1. The van der Waals surface area contributed by atoms with Gasteiger partial charge in [0.15, 0.2) is 11.9 Å². The van der Waals surface area contributed by atoms with Crippen molar-refractivity contribution >= 4 is 5.91 Å². The molecule has 0 spiro atoms. The molecule has 25 heavy (non-hydrogen) atoms. The van der Waals surface area contributed by atoms with Gasteiger partial charge in [-0.1, -0.05) is 37.3 Å². The molecule has 0 bridgehead atoms. The zero-order valence-corrected chi connectivity index (χ0v) is 14.6. The first-order chi connectivity index (χ1) is 12.2. The Morgan fingerprint density at radius 2 is 2.24 bits per heavy atom. The van der Waals surface area contributed by atoms with Gasteiger partial charge in [-0.15, -0.1) is 0 Å². The summed E-state index contributed by atoms with van der Waals surface area (Å²) in [5, 5.41) is 7.18. The lowest BCUT2D eigenvalue weighted by Gasteiger charge is -2.33. The quantitative estimate of drug-likeness (QED) is 0.867. The monoisotopic (exact) mass is 344 g/mol. The fourth-order valence-electron chi connectivity index (χ4n) is 2.98. The van der Waals surface area contributed by atoms with Gasteiger partial charge in [0.25, 0.3) is 5.91 Å². The Morgan fingerprint density at radius 3 is 2.96 bits per heavy atom. The van der Waals surface area contributed by atoms with Crippen molar-refractivity contribution in [1.29, 1.82) is 0 Å². The number of carbonyl (C=O) groups excluding carboxylic acids is 1. The first-order valence-electron chi connectivity index (χ1n) is 8.62. The standard InChI is InChI=1S/C18H24N4O3/c1-3-7-15-19-17(21-20-15)14-12-22(10-11-25-14)18(23)16(24-2)13-8-5-4-6-9-13/h4-6,8-9,14,16H,3,7,10-12H2,1-2H3,(H,19,20,21)/t14-,16+/m0/s1. The van der Waals surface area contributed by atoms with E-state index in [2.05, 4.69) is 22.1 Å². The Bertz CT molecular complexity index is 689. The summed E-state index contributed by atoms with van der Waals surface area (Å²) in [6.45, 7) is 3.51. The molecule has 0 radical (unpaired) electrons. The van der Waals surface area contributed by atoms with E-state index in [1.165, 1.54) is 0 Å². The van der Waals surface area contributed by atoms with Crippen molar-refractivity contribution in [3.63, 3.8) is 0 Å². The normalized spacial score (nSPS) is 19.0. The molecule has 1 fully saturated rings. The maximum Gasteiger partial charge on any atom is 0.256 e. The topological polar surface area (TPSA) is 80.3 Å². The number of benzene rings is 1. The van der Waals surface area contributed by atoms with Crippen molar-refractivity contribution in [3.05, 3.63) is 47.5 Å². The fraction of sp³-hybridized carbons (Fsp3) is 0.500. The van der Waals surface area contributed by atoms with Crippen LogP contribution >= 0.6 is 0 Å². The summed E-state index contributed by atoms with van der Waals surface area (Å²) in [7, 11) is 1.56. The Labute approximate surface area is 147 Å². The summed E-state index contributed by atoms with van der Waals surface area (Å²) >= 11 is 0. The van der Waals surface area contributed by atoms with E-state index in [0.29, 0.717) is 25.5 Å². The average molecular weight is 344 g/mol. The third kappa shape index (κ3) is 4.05.